The summed E-state index contributed by atoms with van der Waals surface area (Å²) in [5.74, 6) is 2.15. The second-order valence-electron chi connectivity index (χ2n) is 7.11. The predicted molar refractivity (Wildman–Crippen MR) is 93.9 cm³/mol. The van der Waals surface area contributed by atoms with Crippen LogP contribution in [-0.2, 0) is 5.54 Å². The van der Waals surface area contributed by atoms with E-state index in [0.717, 1.165) is 24.7 Å². The van der Waals surface area contributed by atoms with Crippen molar-refractivity contribution in [3.63, 3.8) is 0 Å². The Morgan fingerprint density at radius 2 is 2.21 bits per heavy atom. The molecule has 0 bridgehead atoms. The topological polar surface area (TPSA) is 73.9 Å². The summed E-state index contributed by atoms with van der Waals surface area (Å²) in [6.45, 7) is 8.11. The number of hydrogen-bond donors (Lipinski definition) is 2. The monoisotopic (exact) mass is 327 g/mol. The number of anilines is 1. The van der Waals surface area contributed by atoms with Crippen molar-refractivity contribution in [2.24, 2.45) is 5.92 Å². The first-order valence-corrected chi connectivity index (χ1v) is 8.49. The van der Waals surface area contributed by atoms with Gasteiger partial charge in [-0.1, -0.05) is 6.92 Å². The molecule has 0 radical (unpaired) electrons. The molecule has 3 heterocycles. The van der Waals surface area contributed by atoms with Gasteiger partial charge in [-0.05, 0) is 44.7 Å². The number of hydrogen-bond acceptors (Lipinski definition) is 4. The van der Waals surface area contributed by atoms with Crippen molar-refractivity contribution < 1.29 is 4.79 Å². The highest BCUT2D eigenvalue weighted by Crippen LogP contribution is 2.22. The van der Waals surface area contributed by atoms with Crippen LogP contribution in [0.3, 0.4) is 0 Å². The van der Waals surface area contributed by atoms with Crippen molar-refractivity contribution in [3.05, 3.63) is 42.1 Å². The third-order valence-electron chi connectivity index (χ3n) is 4.50. The fourth-order valence-corrected chi connectivity index (χ4v) is 3.15. The minimum absolute atomic E-state index is 0.120. The van der Waals surface area contributed by atoms with Crippen molar-refractivity contribution in [2.75, 3.05) is 18.0 Å². The van der Waals surface area contributed by atoms with Crippen molar-refractivity contribution in [1.29, 1.82) is 0 Å². The van der Waals surface area contributed by atoms with Gasteiger partial charge in [0.2, 0.25) is 0 Å². The number of carbonyl (C=O) groups excluding carboxylic acids is 1. The SMILES string of the molecule is CC1CCCN(c2cc(C(=O)NC(C)(C)c3ncc[nH]3)ccn2)C1. The first-order valence-electron chi connectivity index (χ1n) is 8.49. The van der Waals surface area contributed by atoms with Gasteiger partial charge in [0.1, 0.15) is 11.6 Å². The summed E-state index contributed by atoms with van der Waals surface area (Å²) < 4.78 is 0. The number of aromatic amines is 1. The summed E-state index contributed by atoms with van der Waals surface area (Å²) in [5.41, 5.74) is 0.0572. The molecule has 0 aliphatic carbocycles. The quantitative estimate of drug-likeness (QED) is 0.905. The summed E-state index contributed by atoms with van der Waals surface area (Å²) in [4.78, 5) is 26.7. The molecule has 3 rings (SSSR count). The molecule has 24 heavy (non-hydrogen) atoms. The zero-order valence-electron chi connectivity index (χ0n) is 14.5. The zero-order valence-corrected chi connectivity index (χ0v) is 14.5. The van der Waals surface area contributed by atoms with Crippen LogP contribution in [0.2, 0.25) is 0 Å². The molecule has 0 saturated carbocycles. The Labute approximate surface area is 142 Å². The molecule has 1 saturated heterocycles. The number of piperidine rings is 1. The second kappa shape index (κ2) is 6.63. The number of imidazole rings is 1. The number of amides is 1. The van der Waals surface area contributed by atoms with E-state index in [1.807, 2.05) is 19.9 Å². The Balaban J connectivity index is 1.75. The van der Waals surface area contributed by atoms with Gasteiger partial charge in [-0.15, -0.1) is 0 Å². The maximum absolute atomic E-state index is 12.7. The number of carbonyl (C=O) groups is 1. The molecule has 1 aliphatic heterocycles. The van der Waals surface area contributed by atoms with Crippen LogP contribution in [-0.4, -0.2) is 33.9 Å². The van der Waals surface area contributed by atoms with E-state index in [1.165, 1.54) is 12.8 Å². The van der Waals surface area contributed by atoms with E-state index in [2.05, 4.69) is 32.1 Å². The lowest BCUT2D eigenvalue weighted by molar-refractivity contribution is 0.0908. The normalized spacial score (nSPS) is 18.5. The summed E-state index contributed by atoms with van der Waals surface area (Å²) in [7, 11) is 0. The van der Waals surface area contributed by atoms with Gasteiger partial charge in [-0.3, -0.25) is 4.79 Å². The van der Waals surface area contributed by atoms with Gasteiger partial charge in [0.25, 0.3) is 5.91 Å². The molecule has 0 spiro atoms. The molecule has 1 fully saturated rings. The Morgan fingerprint density at radius 3 is 2.92 bits per heavy atom. The molecule has 0 aromatic carbocycles. The lowest BCUT2D eigenvalue weighted by Gasteiger charge is -2.32. The van der Waals surface area contributed by atoms with Crippen LogP contribution < -0.4 is 10.2 Å². The fourth-order valence-electron chi connectivity index (χ4n) is 3.15. The lowest BCUT2D eigenvalue weighted by Crippen LogP contribution is -2.42. The van der Waals surface area contributed by atoms with E-state index in [4.69, 9.17) is 0 Å². The molecule has 1 unspecified atom stereocenters. The van der Waals surface area contributed by atoms with Gasteiger partial charge in [0, 0.05) is 37.2 Å². The average molecular weight is 327 g/mol. The summed E-state index contributed by atoms with van der Waals surface area (Å²) in [6, 6.07) is 3.63. The molecule has 1 aliphatic rings. The fraction of sp³-hybridized carbons (Fsp3) is 0.500. The van der Waals surface area contributed by atoms with Crippen LogP contribution in [0.1, 0.15) is 49.8 Å². The van der Waals surface area contributed by atoms with Crippen LogP contribution in [0.25, 0.3) is 0 Å². The first kappa shape index (κ1) is 16.5. The third-order valence-corrected chi connectivity index (χ3v) is 4.50. The molecule has 6 heteroatoms. The summed E-state index contributed by atoms with van der Waals surface area (Å²) >= 11 is 0. The maximum atomic E-state index is 12.7. The number of rotatable bonds is 4. The molecule has 1 atom stereocenters. The number of H-pyrrole nitrogens is 1. The highest BCUT2D eigenvalue weighted by Gasteiger charge is 2.26. The number of nitrogens with zero attached hydrogens (tertiary/aromatic N) is 3. The molecule has 1 amide bonds. The van der Waals surface area contributed by atoms with Crippen LogP contribution in [0.4, 0.5) is 5.82 Å². The van der Waals surface area contributed by atoms with Gasteiger partial charge in [-0.25, -0.2) is 9.97 Å². The molecular weight excluding hydrogens is 302 g/mol. The van der Waals surface area contributed by atoms with Gasteiger partial charge in [0.05, 0.1) is 5.54 Å². The van der Waals surface area contributed by atoms with E-state index in [1.54, 1.807) is 24.7 Å². The lowest BCUT2D eigenvalue weighted by atomic mass is 10.00. The highest BCUT2D eigenvalue weighted by molar-refractivity contribution is 5.95. The minimum Gasteiger partial charge on any atom is -0.356 e. The molecule has 2 aromatic heterocycles. The summed E-state index contributed by atoms with van der Waals surface area (Å²) in [5, 5.41) is 3.03. The third kappa shape index (κ3) is 3.58. The highest BCUT2D eigenvalue weighted by atomic mass is 16.1. The van der Waals surface area contributed by atoms with E-state index >= 15 is 0 Å². The van der Waals surface area contributed by atoms with Crippen LogP contribution >= 0.6 is 0 Å². The van der Waals surface area contributed by atoms with Gasteiger partial charge in [0.15, 0.2) is 0 Å². The maximum Gasteiger partial charge on any atom is 0.252 e. The zero-order chi connectivity index (χ0) is 17.2. The van der Waals surface area contributed by atoms with Crippen LogP contribution in [0.5, 0.6) is 0 Å². The van der Waals surface area contributed by atoms with Crippen LogP contribution in [0, 0.1) is 5.92 Å². The molecule has 128 valence electrons. The standard InChI is InChI=1S/C18H25N5O/c1-13-5-4-10-23(12-13)15-11-14(6-7-19-15)16(24)22-18(2,3)17-20-8-9-21-17/h6-9,11,13H,4-5,10,12H2,1-3H3,(H,20,21)(H,22,24). The van der Waals surface area contributed by atoms with Crippen molar-refractivity contribution in [3.8, 4) is 0 Å². The van der Waals surface area contributed by atoms with Crippen molar-refractivity contribution in [2.45, 2.75) is 39.2 Å². The molecule has 2 aromatic rings. The molecule has 6 nitrogen and oxygen atoms in total. The van der Waals surface area contributed by atoms with E-state index < -0.39 is 5.54 Å². The Hall–Kier alpha value is -2.37. The number of pyridine rings is 1. The number of aromatic nitrogens is 3. The van der Waals surface area contributed by atoms with Crippen molar-refractivity contribution >= 4 is 11.7 Å². The van der Waals surface area contributed by atoms with Crippen molar-refractivity contribution in [1.82, 2.24) is 20.3 Å². The predicted octanol–water partition coefficient (Wildman–Crippen LogP) is 2.71. The first-order chi connectivity index (χ1) is 11.5. The molecular formula is C18H25N5O. The largest absolute Gasteiger partial charge is 0.356 e. The van der Waals surface area contributed by atoms with E-state index in [-0.39, 0.29) is 5.91 Å². The van der Waals surface area contributed by atoms with E-state index in [0.29, 0.717) is 11.5 Å². The Kier molecular flexibility index (Phi) is 4.55. The molecule has 2 N–H and O–H groups in total. The Morgan fingerprint density at radius 1 is 1.38 bits per heavy atom. The number of nitrogens with one attached hydrogen (secondary N) is 2. The van der Waals surface area contributed by atoms with Gasteiger partial charge < -0.3 is 15.2 Å². The van der Waals surface area contributed by atoms with E-state index in [9.17, 15) is 4.79 Å². The average Bonchev–Trinajstić information content (AvgIpc) is 3.10. The summed E-state index contributed by atoms with van der Waals surface area (Å²) in [6.07, 6.45) is 7.58. The van der Waals surface area contributed by atoms with Gasteiger partial charge >= 0.3 is 0 Å². The second-order valence-corrected chi connectivity index (χ2v) is 7.11. The minimum atomic E-state index is -0.566. The van der Waals surface area contributed by atoms with Crippen LogP contribution in [0.15, 0.2) is 30.7 Å². The smallest absolute Gasteiger partial charge is 0.252 e. The van der Waals surface area contributed by atoms with Gasteiger partial charge in [-0.2, -0.15) is 0 Å². The Bertz CT molecular complexity index is 695.